The second-order valence-corrected chi connectivity index (χ2v) is 8.89. The number of rotatable bonds is 4. The second kappa shape index (κ2) is 6.96. The summed E-state index contributed by atoms with van der Waals surface area (Å²) in [6, 6.07) is 4.75. The third-order valence-electron chi connectivity index (χ3n) is 3.73. The highest BCUT2D eigenvalue weighted by molar-refractivity contribution is 9.10. The van der Waals surface area contributed by atoms with Gasteiger partial charge in [0.2, 0.25) is 10.0 Å². The predicted octanol–water partition coefficient (Wildman–Crippen LogP) is 3.06. The molecule has 0 spiro atoms. The SMILES string of the molecule is CN(C)CC1CCN(S(=O)(=O)c2ccc(Cl)c(Br)c2)CC1. The van der Waals surface area contributed by atoms with Gasteiger partial charge in [0.1, 0.15) is 0 Å². The predicted molar refractivity (Wildman–Crippen MR) is 89.2 cm³/mol. The van der Waals surface area contributed by atoms with Crippen LogP contribution in [0.2, 0.25) is 5.02 Å². The highest BCUT2D eigenvalue weighted by Gasteiger charge is 2.29. The molecule has 1 fully saturated rings. The Kier molecular flexibility index (Phi) is 5.71. The fourth-order valence-electron chi connectivity index (χ4n) is 2.63. The van der Waals surface area contributed by atoms with Crippen molar-refractivity contribution < 1.29 is 8.42 Å². The minimum absolute atomic E-state index is 0.296. The molecule has 0 saturated carbocycles. The molecular formula is C14H20BrClN2O2S. The van der Waals surface area contributed by atoms with Gasteiger partial charge >= 0.3 is 0 Å². The zero-order valence-electron chi connectivity index (χ0n) is 12.2. The lowest BCUT2D eigenvalue weighted by Crippen LogP contribution is -2.40. The van der Waals surface area contributed by atoms with Crippen molar-refractivity contribution in [2.75, 3.05) is 33.7 Å². The van der Waals surface area contributed by atoms with Crippen molar-refractivity contribution in [3.05, 3.63) is 27.7 Å². The molecule has 0 atom stereocenters. The van der Waals surface area contributed by atoms with Crippen LogP contribution >= 0.6 is 27.5 Å². The largest absolute Gasteiger partial charge is 0.309 e. The summed E-state index contributed by atoms with van der Waals surface area (Å²) < 4.78 is 27.4. The Morgan fingerprint density at radius 3 is 2.48 bits per heavy atom. The molecule has 0 amide bonds. The van der Waals surface area contributed by atoms with Crippen LogP contribution in [0.15, 0.2) is 27.6 Å². The van der Waals surface area contributed by atoms with Gasteiger partial charge in [0.15, 0.2) is 0 Å². The van der Waals surface area contributed by atoms with Gasteiger partial charge in [-0.05, 0) is 67.0 Å². The van der Waals surface area contributed by atoms with Gasteiger partial charge in [-0.1, -0.05) is 11.6 Å². The van der Waals surface area contributed by atoms with Gasteiger partial charge in [-0.3, -0.25) is 0 Å². The maximum atomic E-state index is 12.6. The number of hydrogen-bond acceptors (Lipinski definition) is 3. The summed E-state index contributed by atoms with van der Waals surface area (Å²) in [5.41, 5.74) is 0. The van der Waals surface area contributed by atoms with Crippen LogP contribution in [0.5, 0.6) is 0 Å². The van der Waals surface area contributed by atoms with E-state index >= 15 is 0 Å². The van der Waals surface area contributed by atoms with E-state index in [1.54, 1.807) is 22.5 Å². The van der Waals surface area contributed by atoms with Crippen molar-refractivity contribution in [2.45, 2.75) is 17.7 Å². The Morgan fingerprint density at radius 2 is 1.95 bits per heavy atom. The molecule has 0 bridgehead atoms. The summed E-state index contributed by atoms with van der Waals surface area (Å²) in [4.78, 5) is 2.45. The van der Waals surface area contributed by atoms with E-state index in [-0.39, 0.29) is 0 Å². The average molecular weight is 396 g/mol. The molecule has 0 unspecified atom stereocenters. The molecule has 1 aliphatic rings. The first kappa shape index (κ1) is 17.2. The van der Waals surface area contributed by atoms with Crippen molar-refractivity contribution in [3.8, 4) is 0 Å². The molecule has 1 aromatic rings. The molecule has 0 aliphatic carbocycles. The summed E-state index contributed by atoms with van der Waals surface area (Å²) in [7, 11) is 0.678. The van der Waals surface area contributed by atoms with Gasteiger partial charge < -0.3 is 4.90 Å². The van der Waals surface area contributed by atoms with Crippen molar-refractivity contribution in [3.63, 3.8) is 0 Å². The quantitative estimate of drug-likeness (QED) is 0.786. The van der Waals surface area contributed by atoms with E-state index in [0.717, 1.165) is 19.4 Å². The van der Waals surface area contributed by atoms with E-state index < -0.39 is 10.0 Å². The van der Waals surface area contributed by atoms with Gasteiger partial charge in [-0.2, -0.15) is 4.31 Å². The van der Waals surface area contributed by atoms with Crippen LogP contribution in [0, 0.1) is 5.92 Å². The third-order valence-corrected chi connectivity index (χ3v) is 6.83. The second-order valence-electron chi connectivity index (χ2n) is 5.69. The van der Waals surface area contributed by atoms with Crippen LogP contribution in [-0.4, -0.2) is 51.4 Å². The molecule has 1 aromatic carbocycles. The molecule has 0 aromatic heterocycles. The number of piperidine rings is 1. The molecular weight excluding hydrogens is 376 g/mol. The Balaban J connectivity index is 2.09. The van der Waals surface area contributed by atoms with Crippen molar-refractivity contribution in [2.24, 2.45) is 5.92 Å². The van der Waals surface area contributed by atoms with Crippen LogP contribution in [0.1, 0.15) is 12.8 Å². The Hall–Kier alpha value is -0.140. The first-order valence-corrected chi connectivity index (χ1v) is 9.51. The number of halogens is 2. The van der Waals surface area contributed by atoms with Gasteiger partial charge in [-0.15, -0.1) is 0 Å². The van der Waals surface area contributed by atoms with Gasteiger partial charge in [0.25, 0.3) is 0 Å². The van der Waals surface area contributed by atoms with E-state index in [1.807, 2.05) is 14.1 Å². The van der Waals surface area contributed by atoms with Crippen LogP contribution < -0.4 is 0 Å². The van der Waals surface area contributed by atoms with Crippen LogP contribution in [0.4, 0.5) is 0 Å². The number of benzene rings is 1. The molecule has 2 rings (SSSR count). The highest BCUT2D eigenvalue weighted by atomic mass is 79.9. The molecule has 1 saturated heterocycles. The van der Waals surface area contributed by atoms with Crippen LogP contribution in [-0.2, 0) is 10.0 Å². The summed E-state index contributed by atoms with van der Waals surface area (Å²) in [6.07, 6.45) is 1.82. The minimum Gasteiger partial charge on any atom is -0.309 e. The van der Waals surface area contributed by atoms with Crippen molar-refractivity contribution in [1.82, 2.24) is 9.21 Å². The third kappa shape index (κ3) is 4.20. The van der Waals surface area contributed by atoms with Crippen molar-refractivity contribution >= 4 is 37.6 Å². The summed E-state index contributed by atoms with van der Waals surface area (Å²) in [5, 5.41) is 0.513. The fourth-order valence-corrected chi connectivity index (χ4v) is 4.78. The first-order valence-electron chi connectivity index (χ1n) is 6.90. The monoisotopic (exact) mass is 394 g/mol. The van der Waals surface area contributed by atoms with Crippen LogP contribution in [0.25, 0.3) is 0 Å². The number of hydrogen-bond donors (Lipinski definition) is 0. The number of nitrogens with zero attached hydrogens (tertiary/aromatic N) is 2. The lowest BCUT2D eigenvalue weighted by atomic mass is 9.98. The normalized spacial score (nSPS) is 18.3. The first-order chi connectivity index (χ1) is 9.80. The zero-order chi connectivity index (χ0) is 15.6. The molecule has 4 nitrogen and oxygen atoms in total. The highest BCUT2D eigenvalue weighted by Crippen LogP contribution is 2.29. The minimum atomic E-state index is -3.42. The molecule has 1 aliphatic heterocycles. The summed E-state index contributed by atoms with van der Waals surface area (Å²) in [6.45, 7) is 2.18. The molecule has 1 heterocycles. The molecule has 0 radical (unpaired) electrons. The van der Waals surface area contributed by atoms with Gasteiger partial charge in [0.05, 0.1) is 9.92 Å². The van der Waals surface area contributed by atoms with Gasteiger partial charge in [-0.25, -0.2) is 8.42 Å². The van der Waals surface area contributed by atoms with Crippen LogP contribution in [0.3, 0.4) is 0 Å². The van der Waals surface area contributed by atoms with E-state index in [4.69, 9.17) is 11.6 Å². The lowest BCUT2D eigenvalue weighted by Gasteiger charge is -2.32. The van der Waals surface area contributed by atoms with E-state index in [0.29, 0.717) is 33.4 Å². The average Bonchev–Trinajstić information content (AvgIpc) is 2.41. The van der Waals surface area contributed by atoms with E-state index in [9.17, 15) is 8.42 Å². The standard InChI is InChI=1S/C14H20BrClN2O2S/c1-17(2)10-11-5-7-18(8-6-11)21(19,20)12-3-4-14(16)13(15)9-12/h3-4,9,11H,5-8,10H2,1-2H3. The Bertz CT molecular complexity index is 599. The Labute approximate surface area is 140 Å². The molecule has 0 N–H and O–H groups in total. The molecule has 118 valence electrons. The lowest BCUT2D eigenvalue weighted by molar-refractivity contribution is 0.225. The maximum Gasteiger partial charge on any atom is 0.243 e. The zero-order valence-corrected chi connectivity index (χ0v) is 15.4. The smallest absolute Gasteiger partial charge is 0.243 e. The molecule has 7 heteroatoms. The molecule has 21 heavy (non-hydrogen) atoms. The summed E-state index contributed by atoms with van der Waals surface area (Å²) in [5.74, 6) is 0.573. The number of sulfonamides is 1. The Morgan fingerprint density at radius 1 is 1.33 bits per heavy atom. The van der Waals surface area contributed by atoms with Crippen molar-refractivity contribution in [1.29, 1.82) is 0 Å². The maximum absolute atomic E-state index is 12.6. The fraction of sp³-hybridized carbons (Fsp3) is 0.571. The van der Waals surface area contributed by atoms with E-state index in [2.05, 4.69) is 20.8 Å². The summed E-state index contributed by atoms with van der Waals surface area (Å²) >= 11 is 9.20. The van der Waals surface area contributed by atoms with E-state index in [1.165, 1.54) is 0 Å². The topological polar surface area (TPSA) is 40.6 Å². The van der Waals surface area contributed by atoms with Gasteiger partial charge in [0, 0.05) is 24.1 Å².